The van der Waals surface area contributed by atoms with Crippen LogP contribution in [0.25, 0.3) is 0 Å². The van der Waals surface area contributed by atoms with Crippen LogP contribution >= 0.6 is 11.3 Å². The molecule has 1 fully saturated rings. The summed E-state index contributed by atoms with van der Waals surface area (Å²) in [5.74, 6) is 0. The minimum Gasteiger partial charge on any atom is -0.398 e. The molecule has 0 aromatic carbocycles. The zero-order valence-corrected chi connectivity index (χ0v) is 12.6. The monoisotopic (exact) mass is 303 g/mol. The Bertz CT molecular complexity index is 491. The fourth-order valence-corrected chi connectivity index (χ4v) is 4.39. The molecule has 1 aromatic rings. The number of rotatable bonds is 5. The highest BCUT2D eigenvalue weighted by Crippen LogP contribution is 2.21. The van der Waals surface area contributed by atoms with Crippen molar-refractivity contribution in [1.29, 1.82) is 0 Å². The number of sulfonamides is 1. The molecule has 108 valence electrons. The van der Waals surface area contributed by atoms with E-state index in [4.69, 9.17) is 5.73 Å². The summed E-state index contributed by atoms with van der Waals surface area (Å²) in [6, 6.07) is 1.50. The second-order valence-corrected chi connectivity index (χ2v) is 7.76. The van der Waals surface area contributed by atoms with Gasteiger partial charge in [-0.2, -0.15) is 0 Å². The maximum absolute atomic E-state index is 12.0. The van der Waals surface area contributed by atoms with Crippen LogP contribution in [0.15, 0.2) is 15.7 Å². The van der Waals surface area contributed by atoms with Crippen molar-refractivity contribution in [3.05, 3.63) is 11.4 Å². The summed E-state index contributed by atoms with van der Waals surface area (Å²) in [5, 5.41) is 1.64. The van der Waals surface area contributed by atoms with Crippen LogP contribution in [0, 0.1) is 0 Å². The first kappa shape index (κ1) is 14.8. The molecule has 19 heavy (non-hydrogen) atoms. The van der Waals surface area contributed by atoms with Crippen molar-refractivity contribution in [3.8, 4) is 0 Å². The zero-order chi connectivity index (χ0) is 13.7. The van der Waals surface area contributed by atoms with Gasteiger partial charge in [-0.25, -0.2) is 13.1 Å². The van der Waals surface area contributed by atoms with Gasteiger partial charge in [-0.3, -0.25) is 0 Å². The van der Waals surface area contributed by atoms with Crippen molar-refractivity contribution in [3.63, 3.8) is 0 Å². The molecule has 0 atom stereocenters. The first-order valence-corrected chi connectivity index (χ1v) is 9.00. The summed E-state index contributed by atoms with van der Waals surface area (Å²) in [5.41, 5.74) is 6.05. The van der Waals surface area contributed by atoms with E-state index in [2.05, 4.69) is 9.62 Å². The molecule has 0 unspecified atom stereocenters. The smallest absolute Gasteiger partial charge is 0.250 e. The maximum Gasteiger partial charge on any atom is 0.250 e. The average molecular weight is 303 g/mol. The van der Waals surface area contributed by atoms with E-state index in [0.29, 0.717) is 16.4 Å². The lowest BCUT2D eigenvalue weighted by molar-refractivity contribution is 0.290. The summed E-state index contributed by atoms with van der Waals surface area (Å²) in [4.78, 5) is 2.33. The lowest BCUT2D eigenvalue weighted by Gasteiger charge is -2.19. The van der Waals surface area contributed by atoms with Crippen molar-refractivity contribution < 1.29 is 8.42 Å². The molecular weight excluding hydrogens is 282 g/mol. The van der Waals surface area contributed by atoms with Gasteiger partial charge in [0, 0.05) is 24.2 Å². The number of likely N-dealkylation sites (tertiary alicyclic amines) is 1. The third-order valence-corrected chi connectivity index (χ3v) is 6.20. The third-order valence-electron chi connectivity index (χ3n) is 3.28. The van der Waals surface area contributed by atoms with Crippen molar-refractivity contribution in [1.82, 2.24) is 9.62 Å². The lowest BCUT2D eigenvalue weighted by Crippen LogP contribution is -2.35. The van der Waals surface area contributed by atoms with Crippen LogP contribution in [0.3, 0.4) is 0 Å². The van der Waals surface area contributed by atoms with E-state index < -0.39 is 10.0 Å². The lowest BCUT2D eigenvalue weighted by atomic mass is 10.2. The minimum absolute atomic E-state index is 0.292. The molecular formula is C12H21N3O2S2. The van der Waals surface area contributed by atoms with E-state index in [0.717, 1.165) is 31.0 Å². The molecule has 2 rings (SSSR count). The van der Waals surface area contributed by atoms with Gasteiger partial charge in [-0.1, -0.05) is 12.8 Å². The second kappa shape index (κ2) is 6.69. The van der Waals surface area contributed by atoms with E-state index >= 15 is 0 Å². The zero-order valence-electron chi connectivity index (χ0n) is 11.0. The molecule has 3 N–H and O–H groups in total. The Morgan fingerprint density at radius 1 is 1.26 bits per heavy atom. The van der Waals surface area contributed by atoms with Crippen molar-refractivity contribution >= 4 is 27.0 Å². The predicted molar refractivity (Wildman–Crippen MR) is 78.8 cm³/mol. The molecule has 0 saturated carbocycles. The molecule has 7 heteroatoms. The molecule has 0 amide bonds. The van der Waals surface area contributed by atoms with Gasteiger partial charge in [0.25, 0.3) is 0 Å². The van der Waals surface area contributed by atoms with E-state index in [1.165, 1.54) is 31.7 Å². The van der Waals surface area contributed by atoms with Gasteiger partial charge in [0.2, 0.25) is 10.0 Å². The first-order valence-electron chi connectivity index (χ1n) is 6.64. The molecule has 0 bridgehead atoms. The number of anilines is 1. The standard InChI is InChI=1S/C12H21N3O2S2/c13-11-9-12(18-10-11)19(16,17)14-5-8-15-6-3-1-2-4-7-15/h9-10,14H,1-8,13H2. The summed E-state index contributed by atoms with van der Waals surface area (Å²) >= 11 is 1.16. The number of nitrogens with zero attached hydrogens (tertiary/aromatic N) is 1. The quantitative estimate of drug-likeness (QED) is 0.864. The Hall–Kier alpha value is -0.630. The average Bonchev–Trinajstić information content (AvgIpc) is 2.64. The molecule has 0 radical (unpaired) electrons. The fourth-order valence-electron chi connectivity index (χ4n) is 2.24. The Morgan fingerprint density at radius 3 is 2.53 bits per heavy atom. The second-order valence-electron chi connectivity index (χ2n) is 4.85. The Balaban J connectivity index is 1.81. The van der Waals surface area contributed by atoms with Gasteiger partial charge < -0.3 is 10.6 Å². The van der Waals surface area contributed by atoms with Crippen LogP contribution in [0.2, 0.25) is 0 Å². The van der Waals surface area contributed by atoms with Crippen molar-refractivity contribution in [2.75, 3.05) is 31.9 Å². The largest absolute Gasteiger partial charge is 0.398 e. The van der Waals surface area contributed by atoms with Gasteiger partial charge >= 0.3 is 0 Å². The molecule has 0 spiro atoms. The van der Waals surface area contributed by atoms with E-state index in [9.17, 15) is 8.42 Å². The molecule has 1 aliphatic rings. The van der Waals surface area contributed by atoms with Crippen LogP contribution in [0.4, 0.5) is 5.69 Å². The number of nitrogen functional groups attached to an aromatic ring is 1. The summed E-state index contributed by atoms with van der Waals surface area (Å²) in [7, 11) is -3.39. The van der Waals surface area contributed by atoms with Gasteiger partial charge in [0.1, 0.15) is 4.21 Å². The van der Waals surface area contributed by atoms with E-state index in [1.807, 2.05) is 0 Å². The number of hydrogen-bond donors (Lipinski definition) is 2. The van der Waals surface area contributed by atoms with Crippen LogP contribution < -0.4 is 10.5 Å². The van der Waals surface area contributed by atoms with Gasteiger partial charge in [0.15, 0.2) is 0 Å². The highest BCUT2D eigenvalue weighted by Gasteiger charge is 2.16. The Labute approximate surface area is 118 Å². The fraction of sp³-hybridized carbons (Fsp3) is 0.667. The molecule has 1 aromatic heterocycles. The van der Waals surface area contributed by atoms with Crippen molar-refractivity contribution in [2.24, 2.45) is 0 Å². The Morgan fingerprint density at radius 2 is 1.95 bits per heavy atom. The van der Waals surface area contributed by atoms with Crippen molar-refractivity contribution in [2.45, 2.75) is 29.9 Å². The predicted octanol–water partition coefficient (Wildman–Crippen LogP) is 1.48. The van der Waals surface area contributed by atoms with Gasteiger partial charge in [-0.05, 0) is 32.0 Å². The number of nitrogens with two attached hydrogens (primary N) is 1. The normalized spacial score (nSPS) is 18.3. The topological polar surface area (TPSA) is 75.4 Å². The minimum atomic E-state index is -3.39. The van der Waals surface area contributed by atoms with Gasteiger partial charge in [0.05, 0.1) is 0 Å². The molecule has 0 aliphatic carbocycles. The van der Waals surface area contributed by atoms with Gasteiger partial charge in [-0.15, -0.1) is 11.3 Å². The Kier molecular flexibility index (Phi) is 5.20. The third kappa shape index (κ3) is 4.45. The summed E-state index contributed by atoms with van der Waals surface area (Å²) < 4.78 is 26.9. The molecule has 5 nitrogen and oxygen atoms in total. The first-order chi connectivity index (χ1) is 9.08. The highest BCUT2D eigenvalue weighted by molar-refractivity contribution is 7.91. The van der Waals surface area contributed by atoms with E-state index in [-0.39, 0.29) is 0 Å². The highest BCUT2D eigenvalue weighted by atomic mass is 32.2. The summed E-state index contributed by atoms with van der Waals surface area (Å²) in [6.45, 7) is 3.39. The summed E-state index contributed by atoms with van der Waals surface area (Å²) in [6.07, 6.45) is 5.01. The maximum atomic E-state index is 12.0. The van der Waals surface area contributed by atoms with E-state index in [1.54, 1.807) is 5.38 Å². The molecule has 2 heterocycles. The van der Waals surface area contributed by atoms with Crippen LogP contribution in [-0.4, -0.2) is 39.5 Å². The SMILES string of the molecule is Nc1csc(S(=O)(=O)NCCN2CCCCCC2)c1. The number of hydrogen-bond acceptors (Lipinski definition) is 5. The number of thiophene rings is 1. The van der Waals surface area contributed by atoms with Crippen LogP contribution in [0.1, 0.15) is 25.7 Å². The number of nitrogens with one attached hydrogen (secondary N) is 1. The van der Waals surface area contributed by atoms with Crippen LogP contribution in [0.5, 0.6) is 0 Å². The molecule has 1 saturated heterocycles. The van der Waals surface area contributed by atoms with Crippen LogP contribution in [-0.2, 0) is 10.0 Å². The molecule has 1 aliphatic heterocycles.